The van der Waals surface area contributed by atoms with Gasteiger partial charge in [0.1, 0.15) is 0 Å². The number of nitrogens with zero attached hydrogens (tertiary/aromatic N) is 1. The first-order chi connectivity index (χ1) is 7.26. The summed E-state index contributed by atoms with van der Waals surface area (Å²) < 4.78 is 0. The van der Waals surface area contributed by atoms with Gasteiger partial charge in [0, 0.05) is 29.9 Å². The summed E-state index contributed by atoms with van der Waals surface area (Å²) in [6.07, 6.45) is 5.18. The van der Waals surface area contributed by atoms with Gasteiger partial charge in [-0.3, -0.25) is 9.78 Å². The van der Waals surface area contributed by atoms with Gasteiger partial charge in [-0.15, -0.1) is 0 Å². The van der Waals surface area contributed by atoms with Gasteiger partial charge in [0.15, 0.2) is 0 Å². The van der Waals surface area contributed by atoms with Crippen LogP contribution in [-0.2, 0) is 0 Å². The van der Waals surface area contributed by atoms with Crippen LogP contribution in [0.3, 0.4) is 0 Å². The summed E-state index contributed by atoms with van der Waals surface area (Å²) in [4.78, 5) is 15.5. The number of aliphatic hydroxyl groups excluding tert-OH is 1. The molecular weight excluding hydrogens is 192 g/mol. The molecule has 0 spiro atoms. The van der Waals surface area contributed by atoms with Gasteiger partial charge in [0.2, 0.25) is 0 Å². The lowest BCUT2D eigenvalue weighted by molar-refractivity contribution is 0.0935. The van der Waals surface area contributed by atoms with Gasteiger partial charge in [0.25, 0.3) is 5.91 Å². The molecule has 0 atom stereocenters. The highest BCUT2D eigenvalue weighted by Gasteiger charge is 2.42. The quantitative estimate of drug-likeness (QED) is 0.757. The van der Waals surface area contributed by atoms with Crippen LogP contribution in [0, 0.1) is 5.41 Å². The zero-order valence-corrected chi connectivity index (χ0v) is 8.44. The lowest BCUT2D eigenvalue weighted by Gasteiger charge is -2.12. The SMILES string of the molecule is O=C(NCC1(CO)CC1)c1ccncc1. The van der Waals surface area contributed by atoms with Gasteiger partial charge < -0.3 is 10.4 Å². The predicted octanol–water partition coefficient (Wildman–Crippen LogP) is 0.584. The average Bonchev–Trinajstić information content (AvgIpc) is 3.08. The fraction of sp³-hybridized carbons (Fsp3) is 0.455. The van der Waals surface area contributed by atoms with Crippen molar-refractivity contribution in [1.29, 1.82) is 0 Å². The maximum atomic E-state index is 11.6. The molecule has 1 aromatic rings. The number of pyridine rings is 1. The molecule has 0 radical (unpaired) electrons. The largest absolute Gasteiger partial charge is 0.396 e. The molecule has 1 aliphatic carbocycles. The number of rotatable bonds is 4. The molecule has 80 valence electrons. The van der Waals surface area contributed by atoms with Crippen molar-refractivity contribution in [1.82, 2.24) is 10.3 Å². The van der Waals surface area contributed by atoms with Crippen LogP contribution in [0.4, 0.5) is 0 Å². The Morgan fingerprint density at radius 1 is 1.47 bits per heavy atom. The molecule has 0 unspecified atom stereocenters. The predicted molar refractivity (Wildman–Crippen MR) is 55.3 cm³/mol. The van der Waals surface area contributed by atoms with Crippen LogP contribution in [0.5, 0.6) is 0 Å². The monoisotopic (exact) mass is 206 g/mol. The highest BCUT2D eigenvalue weighted by Crippen LogP contribution is 2.44. The summed E-state index contributed by atoms with van der Waals surface area (Å²) in [5.41, 5.74) is 0.571. The zero-order chi connectivity index (χ0) is 10.7. The molecule has 1 heterocycles. The van der Waals surface area contributed by atoms with E-state index >= 15 is 0 Å². The fourth-order valence-electron chi connectivity index (χ4n) is 1.44. The van der Waals surface area contributed by atoms with Crippen LogP contribution in [0.15, 0.2) is 24.5 Å². The maximum absolute atomic E-state index is 11.6. The van der Waals surface area contributed by atoms with Crippen LogP contribution in [0.25, 0.3) is 0 Å². The van der Waals surface area contributed by atoms with Crippen molar-refractivity contribution < 1.29 is 9.90 Å². The molecule has 15 heavy (non-hydrogen) atoms. The van der Waals surface area contributed by atoms with E-state index in [2.05, 4.69) is 10.3 Å². The number of hydrogen-bond donors (Lipinski definition) is 2. The third-order valence-electron chi connectivity index (χ3n) is 2.86. The van der Waals surface area contributed by atoms with E-state index in [-0.39, 0.29) is 17.9 Å². The Morgan fingerprint density at radius 2 is 2.13 bits per heavy atom. The summed E-state index contributed by atoms with van der Waals surface area (Å²) in [5.74, 6) is -0.0999. The summed E-state index contributed by atoms with van der Waals surface area (Å²) in [5, 5.41) is 11.9. The Hall–Kier alpha value is -1.42. The molecule has 0 aliphatic heterocycles. The van der Waals surface area contributed by atoms with Crippen molar-refractivity contribution in [2.24, 2.45) is 5.41 Å². The van der Waals surface area contributed by atoms with Crippen LogP contribution in [-0.4, -0.2) is 29.1 Å². The minimum atomic E-state index is -0.0999. The molecule has 1 aromatic heterocycles. The Balaban J connectivity index is 1.88. The molecule has 1 amide bonds. The standard InChI is InChI=1S/C11H14N2O2/c14-8-11(3-4-11)7-13-10(15)9-1-5-12-6-2-9/h1-2,5-6,14H,3-4,7-8H2,(H,13,15). The van der Waals surface area contributed by atoms with E-state index in [0.29, 0.717) is 12.1 Å². The van der Waals surface area contributed by atoms with Crippen molar-refractivity contribution in [2.75, 3.05) is 13.2 Å². The van der Waals surface area contributed by atoms with Crippen molar-refractivity contribution in [3.05, 3.63) is 30.1 Å². The zero-order valence-electron chi connectivity index (χ0n) is 8.44. The van der Waals surface area contributed by atoms with E-state index in [1.54, 1.807) is 24.5 Å². The molecule has 0 aromatic carbocycles. The Bertz CT molecular complexity index is 347. The van der Waals surface area contributed by atoms with Crippen molar-refractivity contribution >= 4 is 5.91 Å². The second kappa shape index (κ2) is 3.98. The minimum absolute atomic E-state index is 0.0390. The average molecular weight is 206 g/mol. The molecule has 4 nitrogen and oxygen atoms in total. The number of nitrogens with one attached hydrogen (secondary N) is 1. The summed E-state index contributed by atoms with van der Waals surface area (Å²) in [7, 11) is 0. The smallest absolute Gasteiger partial charge is 0.251 e. The van der Waals surface area contributed by atoms with Crippen molar-refractivity contribution in [3.8, 4) is 0 Å². The van der Waals surface area contributed by atoms with Crippen LogP contribution in [0.2, 0.25) is 0 Å². The van der Waals surface area contributed by atoms with Gasteiger partial charge >= 0.3 is 0 Å². The lowest BCUT2D eigenvalue weighted by Crippen LogP contribution is -2.31. The Labute approximate surface area is 88.3 Å². The molecule has 0 saturated heterocycles. The first-order valence-corrected chi connectivity index (χ1v) is 5.05. The Kier molecular flexibility index (Phi) is 2.68. The summed E-state index contributed by atoms with van der Waals surface area (Å²) in [6.45, 7) is 0.717. The third-order valence-corrected chi connectivity index (χ3v) is 2.86. The maximum Gasteiger partial charge on any atom is 0.251 e. The van der Waals surface area contributed by atoms with Gasteiger partial charge in [-0.25, -0.2) is 0 Å². The lowest BCUT2D eigenvalue weighted by atomic mass is 10.1. The second-order valence-corrected chi connectivity index (χ2v) is 4.08. The molecule has 0 bridgehead atoms. The van der Waals surface area contributed by atoms with Gasteiger partial charge in [-0.2, -0.15) is 0 Å². The summed E-state index contributed by atoms with van der Waals surface area (Å²) >= 11 is 0. The molecular formula is C11H14N2O2. The van der Waals surface area contributed by atoms with Crippen LogP contribution < -0.4 is 5.32 Å². The first kappa shape index (κ1) is 10.1. The number of amides is 1. The topological polar surface area (TPSA) is 62.2 Å². The highest BCUT2D eigenvalue weighted by atomic mass is 16.3. The third kappa shape index (κ3) is 2.33. The van der Waals surface area contributed by atoms with Crippen molar-refractivity contribution in [3.63, 3.8) is 0 Å². The van der Waals surface area contributed by atoms with Gasteiger partial charge in [0.05, 0.1) is 6.61 Å². The van der Waals surface area contributed by atoms with E-state index in [0.717, 1.165) is 12.8 Å². The van der Waals surface area contributed by atoms with E-state index in [9.17, 15) is 4.79 Å². The molecule has 1 aliphatic rings. The van der Waals surface area contributed by atoms with Crippen molar-refractivity contribution in [2.45, 2.75) is 12.8 Å². The molecule has 2 rings (SSSR count). The fourth-order valence-corrected chi connectivity index (χ4v) is 1.44. The molecule has 1 saturated carbocycles. The van der Waals surface area contributed by atoms with E-state index in [4.69, 9.17) is 5.11 Å². The van der Waals surface area contributed by atoms with E-state index < -0.39 is 0 Å². The van der Waals surface area contributed by atoms with Crippen LogP contribution >= 0.6 is 0 Å². The number of aromatic nitrogens is 1. The summed E-state index contributed by atoms with van der Waals surface area (Å²) in [6, 6.07) is 3.35. The number of carbonyl (C=O) groups excluding carboxylic acids is 1. The van der Waals surface area contributed by atoms with E-state index in [1.165, 1.54) is 0 Å². The first-order valence-electron chi connectivity index (χ1n) is 5.05. The normalized spacial score (nSPS) is 17.1. The number of carbonyl (C=O) groups is 1. The molecule has 2 N–H and O–H groups in total. The van der Waals surface area contributed by atoms with Crippen LogP contribution in [0.1, 0.15) is 23.2 Å². The number of hydrogen-bond acceptors (Lipinski definition) is 3. The van der Waals surface area contributed by atoms with Gasteiger partial charge in [-0.05, 0) is 25.0 Å². The minimum Gasteiger partial charge on any atom is -0.396 e. The van der Waals surface area contributed by atoms with E-state index in [1.807, 2.05) is 0 Å². The van der Waals surface area contributed by atoms with Gasteiger partial charge in [-0.1, -0.05) is 0 Å². The molecule has 4 heteroatoms. The number of aliphatic hydroxyl groups is 1. The second-order valence-electron chi connectivity index (χ2n) is 4.08. The molecule has 1 fully saturated rings. The highest BCUT2D eigenvalue weighted by molar-refractivity contribution is 5.93. The Morgan fingerprint density at radius 3 is 2.67 bits per heavy atom.